The van der Waals surface area contributed by atoms with Crippen LogP contribution in [-0.2, 0) is 11.8 Å². The van der Waals surface area contributed by atoms with Crippen molar-refractivity contribution in [2.75, 3.05) is 20.3 Å². The monoisotopic (exact) mass is 227 g/mol. The number of ether oxygens (including phenoxy) is 1. The summed E-state index contributed by atoms with van der Waals surface area (Å²) in [5.74, 6) is 0. The van der Waals surface area contributed by atoms with Crippen LogP contribution in [0, 0.1) is 0 Å². The molecule has 0 saturated heterocycles. The maximum absolute atomic E-state index is 9.36. The number of nitrogens with zero attached hydrogens (tertiary/aromatic N) is 2. The van der Waals surface area contributed by atoms with Gasteiger partial charge in [-0.1, -0.05) is 6.92 Å². The van der Waals surface area contributed by atoms with Crippen molar-refractivity contribution in [3.63, 3.8) is 0 Å². The second-order valence-corrected chi connectivity index (χ2v) is 3.91. The van der Waals surface area contributed by atoms with E-state index >= 15 is 0 Å². The van der Waals surface area contributed by atoms with Crippen LogP contribution in [0.1, 0.15) is 24.9 Å². The molecule has 0 amide bonds. The van der Waals surface area contributed by atoms with Gasteiger partial charge in [-0.15, -0.1) is 0 Å². The summed E-state index contributed by atoms with van der Waals surface area (Å²) in [5, 5.41) is 16.8. The van der Waals surface area contributed by atoms with Gasteiger partial charge in [0.1, 0.15) is 0 Å². The molecular formula is C11H21N3O2. The highest BCUT2D eigenvalue weighted by molar-refractivity contribution is 5.10. The van der Waals surface area contributed by atoms with Crippen molar-refractivity contribution in [1.82, 2.24) is 15.1 Å². The summed E-state index contributed by atoms with van der Waals surface area (Å²) < 4.78 is 6.85. The van der Waals surface area contributed by atoms with E-state index in [2.05, 4.69) is 17.3 Å². The van der Waals surface area contributed by atoms with Gasteiger partial charge in [0.25, 0.3) is 0 Å². The third-order valence-corrected chi connectivity index (χ3v) is 2.61. The molecule has 5 nitrogen and oxygen atoms in total. The molecule has 0 aliphatic heterocycles. The van der Waals surface area contributed by atoms with E-state index in [0.717, 1.165) is 12.0 Å². The van der Waals surface area contributed by atoms with Gasteiger partial charge in [-0.25, -0.2) is 0 Å². The number of aliphatic hydroxyl groups excluding tert-OH is 1. The molecule has 0 radical (unpaired) electrons. The lowest BCUT2D eigenvalue weighted by atomic mass is 10.1. The molecule has 1 heterocycles. The summed E-state index contributed by atoms with van der Waals surface area (Å²) in [6, 6.07) is 0.177. The highest BCUT2D eigenvalue weighted by Crippen LogP contribution is 2.12. The zero-order valence-electron chi connectivity index (χ0n) is 10.2. The molecule has 0 spiro atoms. The fourth-order valence-corrected chi connectivity index (χ4v) is 1.64. The average Bonchev–Trinajstić information content (AvgIpc) is 2.71. The maximum atomic E-state index is 9.36. The van der Waals surface area contributed by atoms with Crippen molar-refractivity contribution in [3.8, 4) is 0 Å². The van der Waals surface area contributed by atoms with E-state index in [4.69, 9.17) is 4.74 Å². The molecule has 1 aromatic heterocycles. The summed E-state index contributed by atoms with van der Waals surface area (Å²) in [5.41, 5.74) is 1.000. The van der Waals surface area contributed by atoms with Crippen LogP contribution in [-0.4, -0.2) is 41.3 Å². The van der Waals surface area contributed by atoms with E-state index in [1.54, 1.807) is 18.0 Å². The third-order valence-electron chi connectivity index (χ3n) is 2.61. The van der Waals surface area contributed by atoms with Gasteiger partial charge in [0.05, 0.1) is 25.5 Å². The Morgan fingerprint density at radius 2 is 2.38 bits per heavy atom. The maximum Gasteiger partial charge on any atom is 0.0627 e. The number of hydrogen-bond donors (Lipinski definition) is 2. The molecule has 16 heavy (non-hydrogen) atoms. The van der Waals surface area contributed by atoms with Crippen LogP contribution in [0.2, 0.25) is 0 Å². The summed E-state index contributed by atoms with van der Waals surface area (Å²) in [4.78, 5) is 0. The Bertz CT molecular complexity index is 301. The number of aliphatic hydroxyl groups is 1. The zero-order chi connectivity index (χ0) is 12.0. The van der Waals surface area contributed by atoms with Crippen LogP contribution >= 0.6 is 0 Å². The molecule has 0 aliphatic rings. The van der Waals surface area contributed by atoms with Gasteiger partial charge in [-0.2, -0.15) is 5.10 Å². The van der Waals surface area contributed by atoms with Crippen LogP contribution in [0.4, 0.5) is 0 Å². The van der Waals surface area contributed by atoms with Crippen LogP contribution < -0.4 is 5.32 Å². The van der Waals surface area contributed by atoms with Crippen LogP contribution in [0.3, 0.4) is 0 Å². The number of aromatic nitrogens is 2. The summed E-state index contributed by atoms with van der Waals surface area (Å²) >= 11 is 0. The first kappa shape index (κ1) is 13.2. The number of nitrogens with one attached hydrogen (secondary N) is 1. The molecule has 2 atom stereocenters. The van der Waals surface area contributed by atoms with E-state index in [0.29, 0.717) is 6.61 Å². The van der Waals surface area contributed by atoms with Crippen LogP contribution in [0.15, 0.2) is 12.4 Å². The summed E-state index contributed by atoms with van der Waals surface area (Å²) in [6.07, 6.45) is 4.64. The zero-order valence-corrected chi connectivity index (χ0v) is 10.2. The lowest BCUT2D eigenvalue weighted by Crippen LogP contribution is -2.37. The first-order valence-corrected chi connectivity index (χ1v) is 5.55. The first-order valence-electron chi connectivity index (χ1n) is 5.55. The predicted octanol–water partition coefficient (Wildman–Crippen LogP) is 0.468. The van der Waals surface area contributed by atoms with Crippen molar-refractivity contribution < 1.29 is 9.84 Å². The van der Waals surface area contributed by atoms with E-state index in [9.17, 15) is 5.11 Å². The van der Waals surface area contributed by atoms with E-state index in [1.807, 2.05) is 13.2 Å². The standard InChI is InChI=1S/C11H21N3O2/c1-4-10(8-16-3)13-11(7-15)9-5-12-14(2)6-9/h5-6,10-11,13,15H,4,7-8H2,1-3H3. The topological polar surface area (TPSA) is 59.3 Å². The van der Waals surface area contributed by atoms with Crippen molar-refractivity contribution in [2.45, 2.75) is 25.4 Å². The van der Waals surface area contributed by atoms with Gasteiger partial charge in [0, 0.05) is 32.0 Å². The van der Waals surface area contributed by atoms with Gasteiger partial charge in [0.2, 0.25) is 0 Å². The number of methoxy groups -OCH3 is 1. The smallest absolute Gasteiger partial charge is 0.0627 e. The molecule has 2 unspecified atom stereocenters. The Kier molecular flexibility index (Phi) is 5.45. The molecule has 0 aliphatic carbocycles. The largest absolute Gasteiger partial charge is 0.394 e. The minimum absolute atomic E-state index is 0.0614. The predicted molar refractivity (Wildman–Crippen MR) is 62.1 cm³/mol. The highest BCUT2D eigenvalue weighted by Gasteiger charge is 2.16. The van der Waals surface area contributed by atoms with E-state index in [1.165, 1.54) is 0 Å². The van der Waals surface area contributed by atoms with Crippen molar-refractivity contribution in [3.05, 3.63) is 18.0 Å². The number of hydrogen-bond acceptors (Lipinski definition) is 4. The Balaban J connectivity index is 2.60. The molecule has 2 N–H and O–H groups in total. The summed E-state index contributed by atoms with van der Waals surface area (Å²) in [7, 11) is 3.55. The molecule has 1 rings (SSSR count). The van der Waals surface area contributed by atoms with E-state index in [-0.39, 0.29) is 18.7 Å². The summed E-state index contributed by atoms with van der Waals surface area (Å²) in [6.45, 7) is 2.80. The normalized spacial score (nSPS) is 15.0. The fourth-order valence-electron chi connectivity index (χ4n) is 1.64. The molecule has 92 valence electrons. The molecule has 5 heteroatoms. The lowest BCUT2D eigenvalue weighted by Gasteiger charge is -2.22. The number of aryl methyl sites for hydroxylation is 1. The van der Waals surface area contributed by atoms with Gasteiger partial charge in [0.15, 0.2) is 0 Å². The molecular weight excluding hydrogens is 206 g/mol. The fraction of sp³-hybridized carbons (Fsp3) is 0.727. The van der Waals surface area contributed by atoms with Crippen LogP contribution in [0.25, 0.3) is 0 Å². The quantitative estimate of drug-likeness (QED) is 0.711. The van der Waals surface area contributed by atoms with Gasteiger partial charge < -0.3 is 15.2 Å². The molecule has 0 aromatic carbocycles. The minimum Gasteiger partial charge on any atom is -0.394 e. The Morgan fingerprint density at radius 3 is 2.81 bits per heavy atom. The Labute approximate surface area is 96.4 Å². The molecule has 1 aromatic rings. The average molecular weight is 227 g/mol. The SMILES string of the molecule is CCC(COC)NC(CO)c1cnn(C)c1. The van der Waals surface area contributed by atoms with Crippen molar-refractivity contribution >= 4 is 0 Å². The Hall–Kier alpha value is -0.910. The van der Waals surface area contributed by atoms with Crippen molar-refractivity contribution in [1.29, 1.82) is 0 Å². The first-order chi connectivity index (χ1) is 7.71. The Morgan fingerprint density at radius 1 is 1.62 bits per heavy atom. The van der Waals surface area contributed by atoms with E-state index < -0.39 is 0 Å². The third kappa shape index (κ3) is 3.59. The van der Waals surface area contributed by atoms with Crippen molar-refractivity contribution in [2.24, 2.45) is 7.05 Å². The highest BCUT2D eigenvalue weighted by atomic mass is 16.5. The van der Waals surface area contributed by atoms with Gasteiger partial charge in [-0.3, -0.25) is 4.68 Å². The van der Waals surface area contributed by atoms with Crippen LogP contribution in [0.5, 0.6) is 0 Å². The van der Waals surface area contributed by atoms with Gasteiger partial charge in [-0.05, 0) is 6.42 Å². The van der Waals surface area contributed by atoms with Gasteiger partial charge >= 0.3 is 0 Å². The number of rotatable bonds is 7. The molecule has 0 fully saturated rings. The molecule has 0 saturated carbocycles. The minimum atomic E-state index is -0.0752. The molecule has 0 bridgehead atoms. The lowest BCUT2D eigenvalue weighted by molar-refractivity contribution is 0.146. The second-order valence-electron chi connectivity index (χ2n) is 3.91. The second kappa shape index (κ2) is 6.62.